The molecule has 0 saturated carbocycles. The summed E-state index contributed by atoms with van der Waals surface area (Å²) < 4.78 is 0. The van der Waals surface area contributed by atoms with E-state index in [2.05, 4.69) is 35.7 Å². The van der Waals surface area contributed by atoms with Crippen LogP contribution >= 0.6 is 23.2 Å². The van der Waals surface area contributed by atoms with Gasteiger partial charge in [0.25, 0.3) is 0 Å². The summed E-state index contributed by atoms with van der Waals surface area (Å²) >= 11 is 11.4. The Labute approximate surface area is 107 Å². The Balaban J connectivity index is 1.80. The summed E-state index contributed by atoms with van der Waals surface area (Å²) in [5.41, 5.74) is 0. The van der Waals surface area contributed by atoms with Gasteiger partial charge in [-0.3, -0.25) is 5.10 Å². The monoisotopic (exact) mass is 273 g/mol. The van der Waals surface area contributed by atoms with Crippen molar-refractivity contribution in [2.75, 3.05) is 11.9 Å². The van der Waals surface area contributed by atoms with E-state index in [0.717, 1.165) is 18.7 Å². The largest absolute Gasteiger partial charge is 0.367 e. The predicted octanol–water partition coefficient (Wildman–Crippen LogP) is 1.34. The third-order valence-electron chi connectivity index (χ3n) is 1.97. The number of nitrogens with one attached hydrogen (secondary N) is 2. The lowest BCUT2D eigenvalue weighted by Crippen LogP contribution is -2.07. The van der Waals surface area contributed by atoms with Crippen LogP contribution in [-0.4, -0.2) is 36.9 Å². The smallest absolute Gasteiger partial charge is 0.245 e. The Morgan fingerprint density at radius 2 is 2.18 bits per heavy atom. The van der Waals surface area contributed by atoms with E-state index in [-0.39, 0.29) is 10.4 Å². The zero-order chi connectivity index (χ0) is 12.1. The summed E-state index contributed by atoms with van der Waals surface area (Å²) in [6.45, 7) is 0.676. The summed E-state index contributed by atoms with van der Waals surface area (Å²) in [6, 6.07) is 0. The Bertz CT molecular complexity index is 473. The van der Waals surface area contributed by atoms with Crippen molar-refractivity contribution in [2.45, 2.75) is 12.8 Å². The van der Waals surface area contributed by atoms with E-state index in [1.54, 1.807) is 0 Å². The molecule has 0 bridgehead atoms. The predicted molar refractivity (Wildman–Crippen MR) is 63.0 cm³/mol. The van der Waals surface area contributed by atoms with Crippen molar-refractivity contribution in [3.63, 3.8) is 0 Å². The van der Waals surface area contributed by atoms with E-state index in [0.29, 0.717) is 12.4 Å². The number of nitrogens with zero attached hydrogens (tertiary/aromatic N) is 5. The maximum absolute atomic E-state index is 5.79. The molecule has 90 valence electrons. The number of hydrogen-bond donors (Lipinski definition) is 2. The van der Waals surface area contributed by atoms with Crippen molar-refractivity contribution in [3.05, 3.63) is 22.6 Å². The van der Waals surface area contributed by atoms with Crippen LogP contribution < -0.4 is 5.32 Å². The first-order chi connectivity index (χ1) is 8.25. The second kappa shape index (κ2) is 5.74. The molecule has 0 radical (unpaired) electrons. The highest BCUT2D eigenvalue weighted by atomic mass is 35.5. The molecule has 0 aromatic carbocycles. The number of halogens is 2. The van der Waals surface area contributed by atoms with Crippen molar-refractivity contribution in [1.82, 2.24) is 30.4 Å². The molecule has 0 atom stereocenters. The third kappa shape index (κ3) is 3.50. The molecule has 0 saturated heterocycles. The minimum atomic E-state index is 0.0622. The number of rotatable bonds is 5. The van der Waals surface area contributed by atoms with E-state index in [1.165, 1.54) is 6.33 Å². The van der Waals surface area contributed by atoms with Crippen LogP contribution in [0.2, 0.25) is 10.4 Å². The maximum atomic E-state index is 5.79. The number of hydrogen-bond acceptors (Lipinski definition) is 6. The number of H-pyrrole nitrogens is 1. The molecule has 0 fully saturated rings. The van der Waals surface area contributed by atoms with Gasteiger partial charge in [-0.05, 0) is 18.0 Å². The number of aromatic nitrogens is 6. The van der Waals surface area contributed by atoms with Gasteiger partial charge in [-0.1, -0.05) is 11.6 Å². The molecular formula is C8H9Cl2N7. The fourth-order valence-electron chi connectivity index (χ4n) is 1.22. The van der Waals surface area contributed by atoms with E-state index in [4.69, 9.17) is 23.2 Å². The molecule has 0 aliphatic rings. The quantitative estimate of drug-likeness (QED) is 0.799. The van der Waals surface area contributed by atoms with Gasteiger partial charge in [0.2, 0.25) is 5.28 Å². The number of aromatic amines is 1. The van der Waals surface area contributed by atoms with Gasteiger partial charge in [0.15, 0.2) is 11.0 Å². The fraction of sp³-hybridized carbons (Fsp3) is 0.375. The molecule has 2 heterocycles. The molecule has 9 heteroatoms. The van der Waals surface area contributed by atoms with Crippen LogP contribution in [0.4, 0.5) is 5.82 Å². The molecule has 17 heavy (non-hydrogen) atoms. The molecule has 2 aromatic heterocycles. The number of aryl methyl sites for hydroxylation is 1. The highest BCUT2D eigenvalue weighted by molar-refractivity contribution is 6.32. The fourth-order valence-corrected chi connectivity index (χ4v) is 1.49. The maximum Gasteiger partial charge on any atom is 0.245 e. The Morgan fingerprint density at radius 1 is 1.29 bits per heavy atom. The minimum absolute atomic E-state index is 0.0622. The topological polar surface area (TPSA) is 92.3 Å². The Morgan fingerprint density at radius 3 is 2.94 bits per heavy atom. The van der Waals surface area contributed by atoms with Crippen LogP contribution in [0.5, 0.6) is 0 Å². The highest BCUT2D eigenvalue weighted by Crippen LogP contribution is 2.16. The average molecular weight is 274 g/mol. The van der Waals surface area contributed by atoms with Crippen molar-refractivity contribution in [1.29, 1.82) is 0 Å². The van der Waals surface area contributed by atoms with Crippen LogP contribution in [0.1, 0.15) is 12.2 Å². The summed E-state index contributed by atoms with van der Waals surface area (Å²) in [6.07, 6.45) is 3.12. The summed E-state index contributed by atoms with van der Waals surface area (Å²) in [5.74, 6) is 1.28. The van der Waals surface area contributed by atoms with Crippen LogP contribution in [0.25, 0.3) is 0 Å². The zero-order valence-electron chi connectivity index (χ0n) is 8.69. The van der Waals surface area contributed by atoms with Gasteiger partial charge >= 0.3 is 0 Å². The molecule has 0 aliphatic heterocycles. The second-order valence-corrected chi connectivity index (χ2v) is 3.88. The summed E-state index contributed by atoms with van der Waals surface area (Å²) in [4.78, 5) is 7.93. The molecular weight excluding hydrogens is 265 g/mol. The molecule has 0 unspecified atom stereocenters. The van der Waals surface area contributed by atoms with Gasteiger partial charge in [0.1, 0.15) is 12.2 Å². The first-order valence-corrected chi connectivity index (χ1v) is 5.65. The van der Waals surface area contributed by atoms with Crippen LogP contribution in [0, 0.1) is 0 Å². The van der Waals surface area contributed by atoms with Gasteiger partial charge < -0.3 is 5.32 Å². The van der Waals surface area contributed by atoms with Gasteiger partial charge in [-0.25, -0.2) is 4.98 Å². The average Bonchev–Trinajstić information content (AvgIpc) is 2.82. The first kappa shape index (κ1) is 12.0. The lowest BCUT2D eigenvalue weighted by Gasteiger charge is -2.05. The summed E-state index contributed by atoms with van der Waals surface area (Å²) in [5, 5.41) is 17.0. The second-order valence-electron chi connectivity index (χ2n) is 3.18. The van der Waals surface area contributed by atoms with E-state index in [9.17, 15) is 0 Å². The highest BCUT2D eigenvalue weighted by Gasteiger charge is 2.05. The van der Waals surface area contributed by atoms with E-state index < -0.39 is 0 Å². The lowest BCUT2D eigenvalue weighted by molar-refractivity contribution is 0.801. The van der Waals surface area contributed by atoms with Crippen LogP contribution in [0.15, 0.2) is 6.33 Å². The molecule has 0 aliphatic carbocycles. The van der Waals surface area contributed by atoms with Gasteiger partial charge in [0, 0.05) is 13.0 Å². The van der Waals surface area contributed by atoms with E-state index in [1.807, 2.05) is 0 Å². The summed E-state index contributed by atoms with van der Waals surface area (Å²) in [7, 11) is 0. The number of anilines is 1. The molecule has 2 N–H and O–H groups in total. The molecule has 0 spiro atoms. The van der Waals surface area contributed by atoms with E-state index >= 15 is 0 Å². The van der Waals surface area contributed by atoms with Crippen LogP contribution in [-0.2, 0) is 6.42 Å². The van der Waals surface area contributed by atoms with Crippen molar-refractivity contribution in [3.8, 4) is 0 Å². The molecule has 7 nitrogen and oxygen atoms in total. The molecule has 2 aromatic rings. The molecule has 0 amide bonds. The van der Waals surface area contributed by atoms with Gasteiger partial charge in [0.05, 0.1) is 0 Å². The standard InChI is InChI=1S/C8H9Cl2N7/c9-6-7(14-8(10)17-16-6)11-3-1-2-5-12-4-13-15-5/h4H,1-3H2,(H,11,14,17)(H,12,13,15). The van der Waals surface area contributed by atoms with Crippen molar-refractivity contribution < 1.29 is 0 Å². The minimum Gasteiger partial charge on any atom is -0.367 e. The van der Waals surface area contributed by atoms with Gasteiger partial charge in [-0.15, -0.1) is 10.2 Å². The van der Waals surface area contributed by atoms with Crippen LogP contribution in [0.3, 0.4) is 0 Å². The third-order valence-corrected chi connectivity index (χ3v) is 2.38. The Hall–Kier alpha value is -1.47. The normalized spacial score (nSPS) is 10.5. The van der Waals surface area contributed by atoms with Crippen molar-refractivity contribution in [2.24, 2.45) is 0 Å². The Kier molecular flexibility index (Phi) is 4.05. The van der Waals surface area contributed by atoms with Crippen molar-refractivity contribution >= 4 is 29.0 Å². The SMILES string of the molecule is Clc1nnc(Cl)c(NCCCc2ncn[nH]2)n1. The lowest BCUT2D eigenvalue weighted by atomic mass is 10.3. The van der Waals surface area contributed by atoms with Gasteiger partial charge in [-0.2, -0.15) is 10.1 Å². The molecule has 2 rings (SSSR count). The first-order valence-electron chi connectivity index (χ1n) is 4.89. The zero-order valence-corrected chi connectivity index (χ0v) is 10.2.